The van der Waals surface area contributed by atoms with Gasteiger partial charge in [-0.3, -0.25) is 0 Å². The lowest BCUT2D eigenvalue weighted by Crippen LogP contribution is -2.17. The van der Waals surface area contributed by atoms with Gasteiger partial charge in [-0.15, -0.1) is 0 Å². The summed E-state index contributed by atoms with van der Waals surface area (Å²) in [5.41, 5.74) is 3.35. The SMILES string of the molecule is CCOC(=O)c1c(C)nnc2c1CCCC2. The highest BCUT2D eigenvalue weighted by molar-refractivity contribution is 5.92. The van der Waals surface area contributed by atoms with Crippen molar-refractivity contribution in [1.29, 1.82) is 0 Å². The van der Waals surface area contributed by atoms with E-state index in [9.17, 15) is 4.79 Å². The molecule has 0 atom stereocenters. The number of ether oxygens (including phenoxy) is 1. The zero-order chi connectivity index (χ0) is 11.5. The van der Waals surface area contributed by atoms with Crippen molar-refractivity contribution < 1.29 is 9.53 Å². The molecule has 2 rings (SSSR count). The van der Waals surface area contributed by atoms with Crippen molar-refractivity contribution in [3.8, 4) is 0 Å². The van der Waals surface area contributed by atoms with E-state index in [1.54, 1.807) is 0 Å². The van der Waals surface area contributed by atoms with Crippen LogP contribution in [-0.2, 0) is 17.6 Å². The molecule has 0 bridgehead atoms. The fourth-order valence-electron chi connectivity index (χ4n) is 2.15. The van der Waals surface area contributed by atoms with E-state index in [1.807, 2.05) is 13.8 Å². The fourth-order valence-corrected chi connectivity index (χ4v) is 2.15. The second kappa shape index (κ2) is 4.60. The number of rotatable bonds is 2. The summed E-state index contributed by atoms with van der Waals surface area (Å²) in [4.78, 5) is 11.8. The molecule has 1 aliphatic carbocycles. The molecule has 0 aliphatic heterocycles. The predicted octanol–water partition coefficient (Wildman–Crippen LogP) is 1.84. The van der Waals surface area contributed by atoms with Crippen molar-refractivity contribution in [2.45, 2.75) is 39.5 Å². The second-order valence-electron chi connectivity index (χ2n) is 4.01. The molecular weight excluding hydrogens is 204 g/mol. The van der Waals surface area contributed by atoms with E-state index < -0.39 is 0 Å². The Labute approximate surface area is 95.0 Å². The first-order valence-electron chi connectivity index (χ1n) is 5.76. The van der Waals surface area contributed by atoms with Crippen molar-refractivity contribution in [3.63, 3.8) is 0 Å². The molecule has 4 heteroatoms. The predicted molar refractivity (Wildman–Crippen MR) is 59.4 cm³/mol. The molecule has 4 nitrogen and oxygen atoms in total. The third kappa shape index (κ3) is 1.92. The topological polar surface area (TPSA) is 52.1 Å². The molecule has 1 aliphatic rings. The summed E-state index contributed by atoms with van der Waals surface area (Å²) in [6, 6.07) is 0. The number of esters is 1. The summed E-state index contributed by atoms with van der Waals surface area (Å²) in [7, 11) is 0. The second-order valence-corrected chi connectivity index (χ2v) is 4.01. The quantitative estimate of drug-likeness (QED) is 0.714. The lowest BCUT2D eigenvalue weighted by Gasteiger charge is -2.17. The van der Waals surface area contributed by atoms with E-state index >= 15 is 0 Å². The van der Waals surface area contributed by atoms with Crippen LogP contribution in [0.3, 0.4) is 0 Å². The highest BCUT2D eigenvalue weighted by Gasteiger charge is 2.22. The Hall–Kier alpha value is -1.45. The number of aryl methyl sites for hydroxylation is 2. The van der Waals surface area contributed by atoms with Crippen molar-refractivity contribution in [1.82, 2.24) is 10.2 Å². The summed E-state index contributed by atoms with van der Waals surface area (Å²) in [6.07, 6.45) is 4.09. The van der Waals surface area contributed by atoms with Crippen LogP contribution >= 0.6 is 0 Å². The maximum absolute atomic E-state index is 11.8. The first kappa shape index (κ1) is 11.0. The van der Waals surface area contributed by atoms with Gasteiger partial charge in [-0.05, 0) is 45.1 Å². The van der Waals surface area contributed by atoms with Crippen molar-refractivity contribution >= 4 is 5.97 Å². The van der Waals surface area contributed by atoms with Crippen LogP contribution < -0.4 is 0 Å². The van der Waals surface area contributed by atoms with Crippen molar-refractivity contribution in [3.05, 3.63) is 22.5 Å². The van der Waals surface area contributed by atoms with Gasteiger partial charge in [0.05, 0.1) is 23.6 Å². The van der Waals surface area contributed by atoms with E-state index in [2.05, 4.69) is 10.2 Å². The van der Waals surface area contributed by atoms with Crippen LogP contribution in [0.2, 0.25) is 0 Å². The third-order valence-electron chi connectivity index (χ3n) is 2.90. The zero-order valence-corrected chi connectivity index (χ0v) is 9.75. The molecule has 0 radical (unpaired) electrons. The molecular formula is C12H16N2O2. The number of carbonyl (C=O) groups excluding carboxylic acids is 1. The Balaban J connectivity index is 2.45. The third-order valence-corrected chi connectivity index (χ3v) is 2.90. The van der Waals surface area contributed by atoms with Gasteiger partial charge < -0.3 is 4.74 Å². The molecule has 1 aromatic rings. The van der Waals surface area contributed by atoms with Gasteiger partial charge in [-0.25, -0.2) is 4.79 Å². The van der Waals surface area contributed by atoms with Crippen LogP contribution in [0.15, 0.2) is 0 Å². The normalized spacial score (nSPS) is 14.4. The highest BCUT2D eigenvalue weighted by atomic mass is 16.5. The molecule has 0 saturated carbocycles. The fraction of sp³-hybridized carbons (Fsp3) is 0.583. The van der Waals surface area contributed by atoms with Gasteiger partial charge in [0, 0.05) is 0 Å². The molecule has 1 heterocycles. The van der Waals surface area contributed by atoms with E-state index in [1.165, 1.54) is 0 Å². The average Bonchev–Trinajstić information content (AvgIpc) is 2.29. The summed E-state index contributed by atoms with van der Waals surface area (Å²) in [5, 5.41) is 8.21. The van der Waals surface area contributed by atoms with Gasteiger partial charge in [-0.1, -0.05) is 0 Å². The molecule has 86 valence electrons. The van der Waals surface area contributed by atoms with Crippen LogP contribution in [-0.4, -0.2) is 22.8 Å². The van der Waals surface area contributed by atoms with E-state index in [0.717, 1.165) is 36.9 Å². The van der Waals surface area contributed by atoms with Gasteiger partial charge in [0.25, 0.3) is 0 Å². The number of hydrogen-bond donors (Lipinski definition) is 0. The standard InChI is InChI=1S/C12H16N2O2/c1-3-16-12(15)11-8(2)13-14-10-7-5-4-6-9(10)11/h3-7H2,1-2H3. The number of aromatic nitrogens is 2. The van der Waals surface area contributed by atoms with Crippen LogP contribution in [0.1, 0.15) is 47.1 Å². The Morgan fingerprint density at radius 2 is 2.06 bits per heavy atom. The Bertz CT molecular complexity index is 416. The number of nitrogens with zero attached hydrogens (tertiary/aromatic N) is 2. The Morgan fingerprint density at radius 3 is 2.81 bits per heavy atom. The van der Waals surface area contributed by atoms with Gasteiger partial charge >= 0.3 is 5.97 Å². The first-order chi connectivity index (χ1) is 7.74. The van der Waals surface area contributed by atoms with Crippen LogP contribution in [0.5, 0.6) is 0 Å². The van der Waals surface area contributed by atoms with Crippen molar-refractivity contribution in [2.24, 2.45) is 0 Å². The summed E-state index contributed by atoms with van der Waals surface area (Å²) in [5.74, 6) is -0.256. The smallest absolute Gasteiger partial charge is 0.340 e. The Kier molecular flexibility index (Phi) is 3.17. The summed E-state index contributed by atoms with van der Waals surface area (Å²) in [6.45, 7) is 4.03. The monoisotopic (exact) mass is 220 g/mol. The largest absolute Gasteiger partial charge is 0.462 e. The zero-order valence-electron chi connectivity index (χ0n) is 9.75. The average molecular weight is 220 g/mol. The maximum Gasteiger partial charge on any atom is 0.340 e. The van der Waals surface area contributed by atoms with Gasteiger partial charge in [0.15, 0.2) is 0 Å². The molecule has 0 amide bonds. The van der Waals surface area contributed by atoms with E-state index in [4.69, 9.17) is 4.74 Å². The Morgan fingerprint density at radius 1 is 1.31 bits per heavy atom. The van der Waals surface area contributed by atoms with E-state index in [0.29, 0.717) is 17.9 Å². The van der Waals surface area contributed by atoms with Gasteiger partial charge in [0.2, 0.25) is 0 Å². The minimum Gasteiger partial charge on any atom is -0.462 e. The molecule has 0 N–H and O–H groups in total. The number of fused-ring (bicyclic) bond motifs is 1. The highest BCUT2D eigenvalue weighted by Crippen LogP contribution is 2.24. The van der Waals surface area contributed by atoms with Gasteiger partial charge in [-0.2, -0.15) is 10.2 Å². The molecule has 0 spiro atoms. The summed E-state index contributed by atoms with van der Waals surface area (Å²) >= 11 is 0. The minimum atomic E-state index is -0.256. The molecule has 1 aromatic heterocycles. The number of hydrogen-bond acceptors (Lipinski definition) is 4. The van der Waals surface area contributed by atoms with Crippen LogP contribution in [0.4, 0.5) is 0 Å². The van der Waals surface area contributed by atoms with Crippen LogP contribution in [0.25, 0.3) is 0 Å². The molecule has 0 fully saturated rings. The summed E-state index contributed by atoms with van der Waals surface area (Å²) < 4.78 is 5.07. The lowest BCUT2D eigenvalue weighted by atomic mass is 9.92. The minimum absolute atomic E-state index is 0.256. The maximum atomic E-state index is 11.8. The molecule has 0 aromatic carbocycles. The van der Waals surface area contributed by atoms with Crippen LogP contribution in [0, 0.1) is 6.92 Å². The molecule has 0 saturated heterocycles. The molecule has 16 heavy (non-hydrogen) atoms. The lowest BCUT2D eigenvalue weighted by molar-refractivity contribution is 0.0523. The van der Waals surface area contributed by atoms with Gasteiger partial charge in [0.1, 0.15) is 0 Å². The number of carbonyl (C=O) groups is 1. The van der Waals surface area contributed by atoms with E-state index in [-0.39, 0.29) is 5.97 Å². The molecule has 0 unspecified atom stereocenters. The van der Waals surface area contributed by atoms with Crippen molar-refractivity contribution in [2.75, 3.05) is 6.61 Å². The first-order valence-corrected chi connectivity index (χ1v) is 5.76.